The van der Waals surface area contributed by atoms with E-state index in [9.17, 15) is 9.59 Å². The Morgan fingerprint density at radius 2 is 2.05 bits per heavy atom. The third-order valence-electron chi connectivity index (χ3n) is 3.36. The van der Waals surface area contributed by atoms with Crippen molar-refractivity contribution in [3.63, 3.8) is 0 Å². The summed E-state index contributed by atoms with van der Waals surface area (Å²) in [4.78, 5) is 24.1. The van der Waals surface area contributed by atoms with Gasteiger partial charge in [-0.25, -0.2) is 9.59 Å². The van der Waals surface area contributed by atoms with Gasteiger partial charge in [-0.3, -0.25) is 0 Å². The number of ether oxygens (including phenoxy) is 1. The van der Waals surface area contributed by atoms with Gasteiger partial charge in [-0.1, -0.05) is 0 Å². The van der Waals surface area contributed by atoms with Crippen LogP contribution in [0, 0.1) is 0 Å². The number of aliphatic hydroxyl groups is 1. The normalized spacial score (nSPS) is 21.7. The second kappa shape index (κ2) is 8.76. The van der Waals surface area contributed by atoms with Crippen LogP contribution in [0.1, 0.15) is 32.1 Å². The summed E-state index contributed by atoms with van der Waals surface area (Å²) in [6, 6.07) is -0.184. The molecule has 3 N–H and O–H groups in total. The number of aliphatic hydroxyl groups excluding tert-OH is 1. The van der Waals surface area contributed by atoms with Crippen molar-refractivity contribution in [3.05, 3.63) is 0 Å². The number of nitrogens with zero attached hydrogens (tertiary/aromatic N) is 1. The number of amides is 2. The zero-order valence-corrected chi connectivity index (χ0v) is 11.9. The Hall–Kier alpha value is -1.34. The van der Waals surface area contributed by atoms with E-state index in [-0.39, 0.29) is 18.7 Å². The summed E-state index contributed by atoms with van der Waals surface area (Å²) in [5, 5.41) is 20.2. The fraction of sp³-hybridized carbons (Fsp3) is 0.846. The minimum atomic E-state index is -0.945. The molecule has 0 aromatic heterocycles. The summed E-state index contributed by atoms with van der Waals surface area (Å²) in [7, 11) is 1.71. The molecule has 0 saturated carbocycles. The van der Waals surface area contributed by atoms with Gasteiger partial charge >= 0.3 is 12.0 Å². The van der Waals surface area contributed by atoms with Crippen LogP contribution in [-0.2, 0) is 9.53 Å². The van der Waals surface area contributed by atoms with Crippen LogP contribution in [0.5, 0.6) is 0 Å². The Morgan fingerprint density at radius 1 is 1.30 bits per heavy atom. The standard InChI is InChI=1S/C13H24N2O5/c1-15(7-3-2-4-8-16)13(19)14-9-10-5-6-11(20-10)12(17)18/h10-11,16H,2-9H2,1H3,(H,14,19)(H,17,18). The summed E-state index contributed by atoms with van der Waals surface area (Å²) in [6.07, 6.45) is 2.67. The number of unbranched alkanes of at least 4 members (excludes halogenated alkanes) is 2. The lowest BCUT2D eigenvalue weighted by atomic mass is 10.2. The van der Waals surface area contributed by atoms with Gasteiger partial charge in [0.1, 0.15) is 0 Å². The molecule has 2 atom stereocenters. The molecule has 1 saturated heterocycles. The second-order valence-corrected chi connectivity index (χ2v) is 5.05. The maximum absolute atomic E-state index is 11.8. The van der Waals surface area contributed by atoms with Crippen molar-refractivity contribution in [3.8, 4) is 0 Å². The number of carbonyl (C=O) groups is 2. The monoisotopic (exact) mass is 288 g/mol. The SMILES string of the molecule is CN(CCCCCO)C(=O)NCC1CCC(C(=O)O)O1. The molecule has 0 aliphatic carbocycles. The fourth-order valence-corrected chi connectivity index (χ4v) is 2.11. The molecule has 1 fully saturated rings. The highest BCUT2D eigenvalue weighted by Crippen LogP contribution is 2.19. The highest BCUT2D eigenvalue weighted by atomic mass is 16.5. The molecule has 1 aliphatic heterocycles. The first-order valence-electron chi connectivity index (χ1n) is 7.02. The van der Waals surface area contributed by atoms with E-state index < -0.39 is 12.1 Å². The lowest BCUT2D eigenvalue weighted by Gasteiger charge is -2.19. The Bertz CT molecular complexity index is 324. The van der Waals surface area contributed by atoms with Crippen molar-refractivity contribution >= 4 is 12.0 Å². The summed E-state index contributed by atoms with van der Waals surface area (Å²) < 4.78 is 5.31. The van der Waals surface area contributed by atoms with Crippen LogP contribution in [0.15, 0.2) is 0 Å². The van der Waals surface area contributed by atoms with E-state index in [1.165, 1.54) is 0 Å². The average molecular weight is 288 g/mol. The summed E-state index contributed by atoms with van der Waals surface area (Å²) >= 11 is 0. The van der Waals surface area contributed by atoms with Gasteiger partial charge in [0.05, 0.1) is 6.10 Å². The first-order chi connectivity index (χ1) is 9.54. The van der Waals surface area contributed by atoms with E-state index in [1.54, 1.807) is 11.9 Å². The third-order valence-corrected chi connectivity index (χ3v) is 3.36. The third kappa shape index (κ3) is 5.75. The summed E-state index contributed by atoms with van der Waals surface area (Å²) in [5.41, 5.74) is 0. The minimum Gasteiger partial charge on any atom is -0.479 e. The van der Waals surface area contributed by atoms with E-state index in [0.29, 0.717) is 25.9 Å². The van der Waals surface area contributed by atoms with E-state index in [2.05, 4.69) is 5.32 Å². The van der Waals surface area contributed by atoms with Crippen molar-refractivity contribution in [2.45, 2.75) is 44.3 Å². The van der Waals surface area contributed by atoms with Gasteiger partial charge in [0, 0.05) is 26.7 Å². The Labute approximate surface area is 118 Å². The molecule has 0 spiro atoms. The number of carboxylic acid groups (broad SMARTS) is 1. The van der Waals surface area contributed by atoms with Crippen LogP contribution in [-0.4, -0.2) is 66.1 Å². The van der Waals surface area contributed by atoms with Crippen molar-refractivity contribution in [2.75, 3.05) is 26.7 Å². The molecule has 0 aromatic rings. The smallest absolute Gasteiger partial charge is 0.332 e. The molecule has 2 unspecified atom stereocenters. The van der Waals surface area contributed by atoms with Crippen LogP contribution < -0.4 is 5.32 Å². The molecule has 1 rings (SSSR count). The number of hydrogen-bond donors (Lipinski definition) is 3. The van der Waals surface area contributed by atoms with Crippen molar-refractivity contribution < 1.29 is 24.5 Å². The number of rotatable bonds is 8. The second-order valence-electron chi connectivity index (χ2n) is 5.05. The molecule has 2 amide bonds. The molecule has 7 heteroatoms. The molecular weight excluding hydrogens is 264 g/mol. The Kier molecular flexibility index (Phi) is 7.32. The molecule has 116 valence electrons. The maximum atomic E-state index is 11.8. The first kappa shape index (κ1) is 16.7. The average Bonchev–Trinajstić information content (AvgIpc) is 2.89. The van der Waals surface area contributed by atoms with Crippen LogP contribution in [0.25, 0.3) is 0 Å². The van der Waals surface area contributed by atoms with Gasteiger partial charge in [0.15, 0.2) is 6.10 Å². The zero-order valence-electron chi connectivity index (χ0n) is 11.9. The number of carboxylic acids is 1. The number of carbonyl (C=O) groups excluding carboxylic acids is 1. The molecule has 0 bridgehead atoms. The predicted molar refractivity (Wildman–Crippen MR) is 72.5 cm³/mol. The van der Waals surface area contributed by atoms with E-state index in [0.717, 1.165) is 19.3 Å². The van der Waals surface area contributed by atoms with Gasteiger partial charge in [-0.15, -0.1) is 0 Å². The summed E-state index contributed by atoms with van der Waals surface area (Å²) in [6.45, 7) is 1.15. The van der Waals surface area contributed by atoms with Gasteiger partial charge in [0.25, 0.3) is 0 Å². The minimum absolute atomic E-state index is 0.180. The maximum Gasteiger partial charge on any atom is 0.332 e. The lowest BCUT2D eigenvalue weighted by Crippen LogP contribution is -2.41. The molecule has 1 heterocycles. The van der Waals surface area contributed by atoms with E-state index in [4.69, 9.17) is 14.9 Å². The molecule has 0 radical (unpaired) electrons. The van der Waals surface area contributed by atoms with Crippen LogP contribution >= 0.6 is 0 Å². The van der Waals surface area contributed by atoms with E-state index in [1.807, 2.05) is 0 Å². The fourth-order valence-electron chi connectivity index (χ4n) is 2.11. The lowest BCUT2D eigenvalue weighted by molar-refractivity contribution is -0.149. The van der Waals surface area contributed by atoms with Crippen molar-refractivity contribution in [2.24, 2.45) is 0 Å². The quantitative estimate of drug-likeness (QED) is 0.562. The van der Waals surface area contributed by atoms with Crippen LogP contribution in [0.4, 0.5) is 4.79 Å². The highest BCUT2D eigenvalue weighted by molar-refractivity contribution is 5.74. The molecular formula is C13H24N2O5. The number of aliphatic carboxylic acids is 1. The topological polar surface area (TPSA) is 99.1 Å². The van der Waals surface area contributed by atoms with E-state index >= 15 is 0 Å². The summed E-state index contributed by atoms with van der Waals surface area (Å²) in [5.74, 6) is -0.945. The first-order valence-corrected chi connectivity index (χ1v) is 7.02. The van der Waals surface area contributed by atoms with Gasteiger partial charge in [0.2, 0.25) is 0 Å². The van der Waals surface area contributed by atoms with Crippen molar-refractivity contribution in [1.29, 1.82) is 0 Å². The largest absolute Gasteiger partial charge is 0.479 e. The molecule has 20 heavy (non-hydrogen) atoms. The Balaban J connectivity index is 2.14. The molecule has 1 aliphatic rings. The van der Waals surface area contributed by atoms with Crippen LogP contribution in [0.2, 0.25) is 0 Å². The van der Waals surface area contributed by atoms with Gasteiger partial charge in [-0.2, -0.15) is 0 Å². The highest BCUT2D eigenvalue weighted by Gasteiger charge is 2.30. The zero-order chi connectivity index (χ0) is 15.0. The Morgan fingerprint density at radius 3 is 2.65 bits per heavy atom. The molecule has 0 aromatic carbocycles. The van der Waals surface area contributed by atoms with Gasteiger partial charge in [-0.05, 0) is 32.1 Å². The number of urea groups is 1. The predicted octanol–water partition coefficient (Wildman–Crippen LogP) is 0.423. The van der Waals surface area contributed by atoms with Crippen molar-refractivity contribution in [1.82, 2.24) is 10.2 Å². The number of nitrogens with one attached hydrogen (secondary N) is 1. The van der Waals surface area contributed by atoms with Crippen LogP contribution in [0.3, 0.4) is 0 Å². The molecule has 7 nitrogen and oxygen atoms in total. The number of hydrogen-bond acceptors (Lipinski definition) is 4. The van der Waals surface area contributed by atoms with Gasteiger partial charge < -0.3 is 25.2 Å².